The van der Waals surface area contributed by atoms with Crippen molar-refractivity contribution in [2.24, 2.45) is 11.5 Å². The molecule has 0 saturated carbocycles. The number of hydrogen-bond donors (Lipinski definition) is 2. The Hall–Kier alpha value is -6.40. The van der Waals surface area contributed by atoms with Gasteiger partial charge in [0, 0.05) is 27.9 Å². The molecular formula is C42H36N4O2. The zero-order valence-corrected chi connectivity index (χ0v) is 27.0. The van der Waals surface area contributed by atoms with Crippen LogP contribution in [0.3, 0.4) is 0 Å². The zero-order chi connectivity index (χ0) is 33.4. The molecule has 3 aliphatic rings. The predicted octanol–water partition coefficient (Wildman–Crippen LogP) is 11.4. The molecule has 236 valence electrons. The Morgan fingerprint density at radius 1 is 0.500 bits per heavy atom. The van der Waals surface area contributed by atoms with E-state index in [1.54, 1.807) is 12.2 Å². The van der Waals surface area contributed by atoms with Crippen molar-refractivity contribution in [1.82, 2.24) is 0 Å². The number of nitrogens with two attached hydrogens (primary N) is 2. The fourth-order valence-corrected chi connectivity index (χ4v) is 6.42. The van der Waals surface area contributed by atoms with Crippen molar-refractivity contribution in [3.63, 3.8) is 0 Å². The number of rotatable bonds is 2. The molecule has 9 rings (SSSR count). The molecule has 0 fully saturated rings. The van der Waals surface area contributed by atoms with Gasteiger partial charge in [0.2, 0.25) is 0 Å². The Morgan fingerprint density at radius 3 is 1.10 bits per heavy atom. The molecule has 6 aromatic rings. The van der Waals surface area contributed by atoms with E-state index in [4.69, 9.17) is 20.9 Å². The van der Waals surface area contributed by atoms with Crippen molar-refractivity contribution in [3.8, 4) is 23.0 Å². The number of para-hydroxylation sites is 8. The summed E-state index contributed by atoms with van der Waals surface area (Å²) in [5, 5.41) is 2.10. The van der Waals surface area contributed by atoms with Crippen molar-refractivity contribution < 1.29 is 9.47 Å². The lowest BCUT2D eigenvalue weighted by Gasteiger charge is -2.34. The number of hydrogen-bond acceptors (Lipinski definition) is 6. The van der Waals surface area contributed by atoms with Crippen LogP contribution in [0.2, 0.25) is 0 Å². The van der Waals surface area contributed by atoms with Gasteiger partial charge in [-0.3, -0.25) is 0 Å². The monoisotopic (exact) mass is 628 g/mol. The van der Waals surface area contributed by atoms with Crippen LogP contribution in [0.5, 0.6) is 23.0 Å². The molecule has 0 radical (unpaired) electrons. The van der Waals surface area contributed by atoms with Gasteiger partial charge in [-0.1, -0.05) is 60.7 Å². The second-order valence-electron chi connectivity index (χ2n) is 11.5. The van der Waals surface area contributed by atoms with Gasteiger partial charge in [0.1, 0.15) is 0 Å². The van der Waals surface area contributed by atoms with Crippen LogP contribution < -0.4 is 30.7 Å². The quantitative estimate of drug-likeness (QED) is 0.186. The standard InChI is InChI=1S/C36H24N4O2.2C3H6/c37-35-24-19-22(39-26-9-1-5-13-30(26)41-31-14-6-2-10-27(31)39)17-21-18-23(20-25(34(21)24)36(35)38)40-28-11-3-7-15-32(28)42-33-16-8-4-12-29(33)40;2*1-3-2/h1-20H,37-38H2;2*3H,1H2,2H3. The van der Waals surface area contributed by atoms with Gasteiger partial charge in [0.25, 0.3) is 0 Å². The lowest BCUT2D eigenvalue weighted by Crippen LogP contribution is -2.16. The van der Waals surface area contributed by atoms with E-state index in [0.29, 0.717) is 11.4 Å². The Morgan fingerprint density at radius 2 is 0.792 bits per heavy atom. The highest BCUT2D eigenvalue weighted by Crippen LogP contribution is 2.54. The first-order valence-corrected chi connectivity index (χ1v) is 15.8. The number of fused-ring (bicyclic) bond motifs is 4. The second kappa shape index (κ2) is 12.4. The number of ether oxygens (including phenoxy) is 2. The van der Waals surface area contributed by atoms with E-state index in [-0.39, 0.29) is 0 Å². The number of benzene rings is 6. The average Bonchev–Trinajstić information content (AvgIpc) is 3.35. The summed E-state index contributed by atoms with van der Waals surface area (Å²) < 4.78 is 12.5. The highest BCUT2D eigenvalue weighted by atomic mass is 16.5. The minimum absolute atomic E-state index is 0.589. The molecule has 4 N–H and O–H groups in total. The van der Waals surface area contributed by atoms with Crippen molar-refractivity contribution >= 4 is 56.3 Å². The maximum Gasteiger partial charge on any atom is 0.151 e. The van der Waals surface area contributed by atoms with Crippen LogP contribution in [-0.2, 0) is 0 Å². The Balaban J connectivity index is 0.000000568. The maximum atomic E-state index is 6.73. The maximum absolute atomic E-state index is 6.73. The van der Waals surface area contributed by atoms with E-state index < -0.39 is 0 Å². The number of nitrogens with zero attached hydrogens (tertiary/aromatic N) is 2. The largest absolute Gasteiger partial charge is 0.453 e. The molecule has 0 atom stereocenters. The van der Waals surface area contributed by atoms with Crippen LogP contribution in [0.25, 0.3) is 22.2 Å². The normalized spacial score (nSPS) is 12.9. The summed E-state index contributed by atoms with van der Waals surface area (Å²) in [6, 6.07) is 41.1. The fraction of sp³-hybridized carbons (Fsp3) is 0.0476. The van der Waals surface area contributed by atoms with Crippen molar-refractivity contribution in [1.29, 1.82) is 0 Å². The third-order valence-electron chi connectivity index (χ3n) is 8.27. The molecule has 6 nitrogen and oxygen atoms in total. The third-order valence-corrected chi connectivity index (χ3v) is 8.27. The number of anilines is 6. The molecule has 2 aliphatic heterocycles. The summed E-state index contributed by atoms with van der Waals surface area (Å²) in [5.74, 6) is 3.19. The van der Waals surface area contributed by atoms with E-state index in [1.165, 1.54) is 0 Å². The molecule has 48 heavy (non-hydrogen) atoms. The summed E-state index contributed by atoms with van der Waals surface area (Å²) in [7, 11) is 0. The van der Waals surface area contributed by atoms with Gasteiger partial charge in [-0.05, 0) is 92.0 Å². The van der Waals surface area contributed by atoms with Gasteiger partial charge in [0.15, 0.2) is 23.0 Å². The molecule has 0 bridgehead atoms. The van der Waals surface area contributed by atoms with E-state index in [0.717, 1.165) is 79.0 Å². The van der Waals surface area contributed by atoms with Gasteiger partial charge in [-0.15, -0.1) is 13.2 Å². The van der Waals surface area contributed by atoms with Crippen molar-refractivity contribution in [3.05, 3.63) is 158 Å². The molecular weight excluding hydrogens is 592 g/mol. The number of allylic oxidation sites excluding steroid dienone is 2. The lowest BCUT2D eigenvalue weighted by molar-refractivity contribution is 0.477. The predicted molar refractivity (Wildman–Crippen MR) is 200 cm³/mol. The summed E-state index contributed by atoms with van der Waals surface area (Å²) in [6.07, 6.45) is 3.50. The van der Waals surface area contributed by atoms with Gasteiger partial charge >= 0.3 is 0 Å². The molecule has 0 unspecified atom stereocenters. The lowest BCUT2D eigenvalue weighted by atomic mass is 9.99. The van der Waals surface area contributed by atoms with Crippen LogP contribution in [0.1, 0.15) is 25.0 Å². The highest BCUT2D eigenvalue weighted by Gasteiger charge is 2.31. The summed E-state index contributed by atoms with van der Waals surface area (Å²) in [6.45, 7) is 10.5. The van der Waals surface area contributed by atoms with Crippen LogP contribution in [0.4, 0.5) is 34.1 Å². The van der Waals surface area contributed by atoms with E-state index in [1.807, 2.05) is 86.6 Å². The third kappa shape index (κ3) is 4.91. The zero-order valence-electron chi connectivity index (χ0n) is 27.0. The minimum Gasteiger partial charge on any atom is -0.453 e. The molecule has 2 heterocycles. The molecule has 0 spiro atoms. The summed E-state index contributed by atoms with van der Waals surface area (Å²) in [5.41, 5.74) is 22.3. The summed E-state index contributed by atoms with van der Waals surface area (Å²) in [4.78, 5) is 4.47. The minimum atomic E-state index is 0.589. The SMILES string of the molecule is C=CC.C=CC.NC1=C(N)c2cc(N3c4ccccc4Oc4ccccc43)cc3cc(N4c5ccccc5Oc5ccccc54)cc1c23. The first-order chi connectivity index (χ1) is 23.5. The van der Waals surface area contributed by atoms with Crippen molar-refractivity contribution in [2.45, 2.75) is 13.8 Å². The Bertz CT molecular complexity index is 2010. The molecule has 0 aromatic heterocycles. The first-order valence-electron chi connectivity index (χ1n) is 15.8. The van der Waals surface area contributed by atoms with E-state index >= 15 is 0 Å². The van der Waals surface area contributed by atoms with Gasteiger partial charge < -0.3 is 30.7 Å². The van der Waals surface area contributed by atoms with Crippen LogP contribution in [0.15, 0.2) is 147 Å². The molecule has 6 heteroatoms. The van der Waals surface area contributed by atoms with Gasteiger partial charge in [-0.2, -0.15) is 0 Å². The first kappa shape index (κ1) is 30.3. The molecule has 1 aliphatic carbocycles. The molecule has 0 amide bonds. The second-order valence-corrected chi connectivity index (χ2v) is 11.5. The van der Waals surface area contributed by atoms with Gasteiger partial charge in [0.05, 0.1) is 34.1 Å². The smallest absolute Gasteiger partial charge is 0.151 e. The van der Waals surface area contributed by atoms with Crippen LogP contribution >= 0.6 is 0 Å². The van der Waals surface area contributed by atoms with Gasteiger partial charge in [-0.25, -0.2) is 0 Å². The average molecular weight is 629 g/mol. The summed E-state index contributed by atoms with van der Waals surface area (Å²) >= 11 is 0. The van der Waals surface area contributed by atoms with Crippen molar-refractivity contribution in [2.75, 3.05) is 9.80 Å². The topological polar surface area (TPSA) is 77.0 Å². The van der Waals surface area contributed by atoms with E-state index in [9.17, 15) is 0 Å². The Labute approximate surface area is 281 Å². The fourth-order valence-electron chi connectivity index (χ4n) is 6.42. The molecule has 6 aromatic carbocycles. The van der Waals surface area contributed by atoms with Crippen LogP contribution in [-0.4, -0.2) is 0 Å². The highest BCUT2D eigenvalue weighted by molar-refractivity contribution is 6.15. The molecule has 0 saturated heterocycles. The van der Waals surface area contributed by atoms with Crippen LogP contribution in [0, 0.1) is 0 Å². The Kier molecular flexibility index (Phi) is 7.83. The van der Waals surface area contributed by atoms with E-state index in [2.05, 4.69) is 71.5 Å².